The molecule has 0 fully saturated rings. The van der Waals surface area contributed by atoms with Crippen LogP contribution in [0.5, 0.6) is 0 Å². The quantitative estimate of drug-likeness (QED) is 0.833. The van der Waals surface area contributed by atoms with Gasteiger partial charge >= 0.3 is 0 Å². The third kappa shape index (κ3) is 2.03. The molecule has 3 nitrogen and oxygen atoms in total. The van der Waals surface area contributed by atoms with E-state index in [2.05, 4.69) is 10.2 Å². The van der Waals surface area contributed by atoms with Crippen LogP contribution in [0, 0.1) is 0 Å². The van der Waals surface area contributed by atoms with Gasteiger partial charge in [-0.2, -0.15) is 10.2 Å². The van der Waals surface area contributed by atoms with Crippen molar-refractivity contribution >= 4 is 28.9 Å². The van der Waals surface area contributed by atoms with E-state index in [9.17, 15) is 0 Å². The molecule has 15 heavy (non-hydrogen) atoms. The molecule has 1 heterocycles. The number of nitrogen functional groups attached to an aromatic ring is 1. The Morgan fingerprint density at radius 1 is 1.00 bits per heavy atom. The van der Waals surface area contributed by atoms with E-state index in [1.54, 1.807) is 24.4 Å². The number of nitrogens with two attached hydrogens (primary N) is 1. The van der Waals surface area contributed by atoms with Gasteiger partial charge in [-0.3, -0.25) is 0 Å². The molecule has 0 aliphatic carbocycles. The molecule has 2 N–H and O–H groups in total. The zero-order valence-corrected chi connectivity index (χ0v) is 9.13. The van der Waals surface area contributed by atoms with Crippen LogP contribution in [-0.2, 0) is 0 Å². The first-order valence-corrected chi connectivity index (χ1v) is 4.95. The molecule has 0 aliphatic rings. The van der Waals surface area contributed by atoms with Crippen molar-refractivity contribution in [2.75, 3.05) is 5.73 Å². The third-order valence-corrected chi connectivity index (χ3v) is 2.53. The van der Waals surface area contributed by atoms with Crippen molar-refractivity contribution in [1.29, 1.82) is 0 Å². The first kappa shape index (κ1) is 10.2. The number of benzene rings is 1. The summed E-state index contributed by atoms with van der Waals surface area (Å²) < 4.78 is 0. The van der Waals surface area contributed by atoms with Gasteiger partial charge in [-0.15, -0.1) is 0 Å². The maximum atomic E-state index is 6.05. The highest BCUT2D eigenvalue weighted by atomic mass is 35.5. The van der Waals surface area contributed by atoms with Crippen LogP contribution >= 0.6 is 23.2 Å². The van der Waals surface area contributed by atoms with Crippen molar-refractivity contribution in [1.82, 2.24) is 10.2 Å². The molecule has 2 aromatic rings. The van der Waals surface area contributed by atoms with Gasteiger partial charge in [0, 0.05) is 16.1 Å². The number of hydrogen-bond donors (Lipinski definition) is 1. The Kier molecular flexibility index (Phi) is 2.75. The van der Waals surface area contributed by atoms with Crippen molar-refractivity contribution in [2.24, 2.45) is 0 Å². The monoisotopic (exact) mass is 239 g/mol. The van der Waals surface area contributed by atoms with E-state index >= 15 is 0 Å². The average molecular weight is 240 g/mol. The maximum absolute atomic E-state index is 6.05. The summed E-state index contributed by atoms with van der Waals surface area (Å²) in [6, 6.07) is 5.22. The Morgan fingerprint density at radius 3 is 2.40 bits per heavy atom. The van der Waals surface area contributed by atoms with Crippen molar-refractivity contribution in [3.05, 3.63) is 40.6 Å². The zero-order valence-electron chi connectivity index (χ0n) is 7.61. The SMILES string of the molecule is Nc1cnncc1-c1ccc(Cl)cc1Cl. The van der Waals surface area contributed by atoms with E-state index in [4.69, 9.17) is 28.9 Å². The molecule has 0 unspecified atom stereocenters. The van der Waals surface area contributed by atoms with E-state index in [1.165, 1.54) is 6.20 Å². The summed E-state index contributed by atoms with van der Waals surface area (Å²) >= 11 is 11.8. The fraction of sp³-hybridized carbons (Fsp3) is 0. The predicted octanol–water partition coefficient (Wildman–Crippen LogP) is 3.03. The van der Waals surface area contributed by atoms with E-state index in [0.29, 0.717) is 15.7 Å². The Labute approximate surface area is 96.8 Å². The Balaban J connectivity index is 2.60. The Bertz CT molecular complexity index is 500. The molecule has 0 bridgehead atoms. The molecule has 0 saturated carbocycles. The van der Waals surface area contributed by atoms with Gasteiger partial charge in [0.25, 0.3) is 0 Å². The number of halogens is 2. The molecule has 0 aliphatic heterocycles. The Morgan fingerprint density at radius 2 is 1.73 bits per heavy atom. The van der Waals surface area contributed by atoms with Crippen LogP contribution in [0.15, 0.2) is 30.6 Å². The lowest BCUT2D eigenvalue weighted by Gasteiger charge is -2.06. The summed E-state index contributed by atoms with van der Waals surface area (Å²) in [4.78, 5) is 0. The van der Waals surface area contributed by atoms with Crippen LogP contribution in [0.2, 0.25) is 10.0 Å². The molecule has 0 spiro atoms. The van der Waals surface area contributed by atoms with Gasteiger partial charge in [0.05, 0.1) is 23.1 Å². The van der Waals surface area contributed by atoms with E-state index in [0.717, 1.165) is 11.1 Å². The van der Waals surface area contributed by atoms with Gasteiger partial charge in [0.1, 0.15) is 0 Å². The minimum Gasteiger partial charge on any atom is -0.397 e. The summed E-state index contributed by atoms with van der Waals surface area (Å²) in [5.74, 6) is 0. The predicted molar refractivity (Wildman–Crippen MR) is 61.9 cm³/mol. The standard InChI is InChI=1S/C10H7Cl2N3/c11-6-1-2-7(9(12)3-6)8-4-14-15-5-10(8)13/h1-5H,(H2,13,14). The number of aromatic nitrogens is 2. The fourth-order valence-corrected chi connectivity index (χ4v) is 1.77. The van der Waals surface area contributed by atoms with Crippen molar-refractivity contribution in [3.8, 4) is 11.1 Å². The molecule has 1 aromatic carbocycles. The third-order valence-electron chi connectivity index (χ3n) is 1.98. The minimum absolute atomic E-state index is 0.536. The van der Waals surface area contributed by atoms with Gasteiger partial charge in [0.15, 0.2) is 0 Å². The number of hydrogen-bond acceptors (Lipinski definition) is 3. The summed E-state index contributed by atoms with van der Waals surface area (Å²) in [6.45, 7) is 0. The molecule has 0 atom stereocenters. The first-order chi connectivity index (χ1) is 7.18. The highest BCUT2D eigenvalue weighted by Crippen LogP contribution is 2.32. The summed E-state index contributed by atoms with van der Waals surface area (Å²) in [5.41, 5.74) is 7.86. The fourth-order valence-electron chi connectivity index (χ4n) is 1.26. The van der Waals surface area contributed by atoms with Gasteiger partial charge in [-0.1, -0.05) is 29.3 Å². The van der Waals surface area contributed by atoms with Crippen LogP contribution in [0.4, 0.5) is 5.69 Å². The van der Waals surface area contributed by atoms with Gasteiger partial charge < -0.3 is 5.73 Å². The van der Waals surface area contributed by atoms with Crippen LogP contribution < -0.4 is 5.73 Å². The molecule has 76 valence electrons. The number of rotatable bonds is 1. The normalized spacial score (nSPS) is 10.3. The number of nitrogens with zero attached hydrogens (tertiary/aromatic N) is 2. The second kappa shape index (κ2) is 4.04. The second-order valence-corrected chi connectivity index (χ2v) is 3.83. The lowest BCUT2D eigenvalue weighted by molar-refractivity contribution is 1.04. The molecular weight excluding hydrogens is 233 g/mol. The lowest BCUT2D eigenvalue weighted by Crippen LogP contribution is -1.93. The van der Waals surface area contributed by atoms with Crippen molar-refractivity contribution < 1.29 is 0 Å². The molecule has 0 radical (unpaired) electrons. The van der Waals surface area contributed by atoms with Crippen LogP contribution in [-0.4, -0.2) is 10.2 Å². The smallest absolute Gasteiger partial charge is 0.0732 e. The maximum Gasteiger partial charge on any atom is 0.0732 e. The van der Waals surface area contributed by atoms with Crippen molar-refractivity contribution in [2.45, 2.75) is 0 Å². The van der Waals surface area contributed by atoms with Crippen LogP contribution in [0.25, 0.3) is 11.1 Å². The van der Waals surface area contributed by atoms with Gasteiger partial charge in [-0.25, -0.2) is 0 Å². The molecule has 0 amide bonds. The second-order valence-electron chi connectivity index (χ2n) is 2.98. The van der Waals surface area contributed by atoms with Gasteiger partial charge in [0.2, 0.25) is 0 Å². The minimum atomic E-state index is 0.536. The molecule has 2 rings (SSSR count). The van der Waals surface area contributed by atoms with E-state index in [1.807, 2.05) is 0 Å². The topological polar surface area (TPSA) is 51.8 Å². The molecule has 5 heteroatoms. The largest absolute Gasteiger partial charge is 0.397 e. The van der Waals surface area contributed by atoms with Crippen LogP contribution in [0.1, 0.15) is 0 Å². The van der Waals surface area contributed by atoms with E-state index < -0.39 is 0 Å². The van der Waals surface area contributed by atoms with E-state index in [-0.39, 0.29) is 0 Å². The molecule has 0 saturated heterocycles. The summed E-state index contributed by atoms with van der Waals surface area (Å²) in [6.07, 6.45) is 3.06. The highest BCUT2D eigenvalue weighted by molar-refractivity contribution is 6.36. The zero-order chi connectivity index (χ0) is 10.8. The molecular formula is C10H7Cl2N3. The van der Waals surface area contributed by atoms with Crippen molar-refractivity contribution in [3.63, 3.8) is 0 Å². The Hall–Kier alpha value is -1.32. The summed E-state index contributed by atoms with van der Waals surface area (Å²) in [5, 5.41) is 8.57. The lowest BCUT2D eigenvalue weighted by atomic mass is 10.1. The average Bonchev–Trinajstić information content (AvgIpc) is 2.20. The number of anilines is 1. The van der Waals surface area contributed by atoms with Crippen LogP contribution in [0.3, 0.4) is 0 Å². The highest BCUT2D eigenvalue weighted by Gasteiger charge is 2.07. The summed E-state index contributed by atoms with van der Waals surface area (Å²) in [7, 11) is 0. The first-order valence-electron chi connectivity index (χ1n) is 4.20. The molecule has 1 aromatic heterocycles. The van der Waals surface area contributed by atoms with Gasteiger partial charge in [-0.05, 0) is 12.1 Å².